The second-order valence-corrected chi connectivity index (χ2v) is 7.59. The summed E-state index contributed by atoms with van der Waals surface area (Å²) in [5, 5.41) is 3.53. The van der Waals surface area contributed by atoms with Crippen molar-refractivity contribution in [1.29, 1.82) is 0 Å². The van der Waals surface area contributed by atoms with Crippen LogP contribution in [0.3, 0.4) is 0 Å². The number of carbonyl (C=O) groups is 1. The first kappa shape index (κ1) is 14.4. The Hall–Kier alpha value is -0.570. The standard InChI is InChI=1S/C17H30N2O/c1-12-4-3-7-18-16(12)10-17(20)19(2)11-15-9-13-5-6-14(15)8-13/h12-16,18H,3-11H2,1-2H3. The maximum Gasteiger partial charge on any atom is 0.223 e. The normalized spacial score (nSPS) is 40.0. The number of nitrogens with one attached hydrogen (secondary N) is 1. The number of rotatable bonds is 4. The summed E-state index contributed by atoms with van der Waals surface area (Å²) >= 11 is 0. The lowest BCUT2D eigenvalue weighted by molar-refractivity contribution is -0.131. The van der Waals surface area contributed by atoms with Crippen LogP contribution in [0.1, 0.15) is 51.9 Å². The third kappa shape index (κ3) is 3.03. The monoisotopic (exact) mass is 278 g/mol. The summed E-state index contributed by atoms with van der Waals surface area (Å²) in [6.07, 6.45) is 8.89. The van der Waals surface area contributed by atoms with E-state index in [0.29, 0.717) is 24.3 Å². The molecule has 3 rings (SSSR count). The summed E-state index contributed by atoms with van der Waals surface area (Å²) in [7, 11) is 2.02. The van der Waals surface area contributed by atoms with E-state index < -0.39 is 0 Å². The number of piperidine rings is 1. The van der Waals surface area contributed by atoms with Gasteiger partial charge in [-0.3, -0.25) is 4.79 Å². The van der Waals surface area contributed by atoms with E-state index in [1.165, 1.54) is 38.5 Å². The largest absolute Gasteiger partial charge is 0.345 e. The van der Waals surface area contributed by atoms with Crippen LogP contribution in [0.2, 0.25) is 0 Å². The zero-order chi connectivity index (χ0) is 14.1. The van der Waals surface area contributed by atoms with Gasteiger partial charge in [-0.1, -0.05) is 13.3 Å². The Labute approximate surface area is 123 Å². The molecule has 1 heterocycles. The molecule has 3 heteroatoms. The Kier molecular flexibility index (Phi) is 4.34. The van der Waals surface area contributed by atoms with Crippen molar-refractivity contribution in [2.24, 2.45) is 23.7 Å². The third-order valence-electron chi connectivity index (χ3n) is 6.14. The van der Waals surface area contributed by atoms with E-state index in [1.54, 1.807) is 0 Å². The average Bonchev–Trinajstić information content (AvgIpc) is 3.03. The maximum absolute atomic E-state index is 12.4. The van der Waals surface area contributed by atoms with Crippen molar-refractivity contribution in [2.45, 2.75) is 57.9 Å². The Morgan fingerprint density at radius 1 is 1.25 bits per heavy atom. The lowest BCUT2D eigenvalue weighted by Crippen LogP contribution is -2.44. The van der Waals surface area contributed by atoms with Crippen molar-refractivity contribution in [3.05, 3.63) is 0 Å². The van der Waals surface area contributed by atoms with E-state index in [0.717, 1.165) is 30.8 Å². The van der Waals surface area contributed by atoms with Crippen LogP contribution in [-0.4, -0.2) is 37.0 Å². The molecule has 1 saturated heterocycles. The lowest BCUT2D eigenvalue weighted by atomic mass is 9.88. The van der Waals surface area contributed by atoms with Crippen molar-refractivity contribution < 1.29 is 4.79 Å². The van der Waals surface area contributed by atoms with Gasteiger partial charge in [-0.05, 0) is 62.3 Å². The molecule has 0 aromatic heterocycles. The van der Waals surface area contributed by atoms with Gasteiger partial charge in [0.05, 0.1) is 0 Å². The fourth-order valence-electron chi connectivity index (χ4n) is 4.78. The van der Waals surface area contributed by atoms with Crippen LogP contribution in [0, 0.1) is 23.7 Å². The van der Waals surface area contributed by atoms with E-state index in [2.05, 4.69) is 12.2 Å². The molecule has 0 radical (unpaired) electrons. The van der Waals surface area contributed by atoms with Crippen LogP contribution >= 0.6 is 0 Å². The highest BCUT2D eigenvalue weighted by Gasteiger charge is 2.40. The molecule has 114 valence electrons. The van der Waals surface area contributed by atoms with Crippen molar-refractivity contribution in [2.75, 3.05) is 20.1 Å². The highest BCUT2D eigenvalue weighted by atomic mass is 16.2. The van der Waals surface area contributed by atoms with E-state index in [-0.39, 0.29) is 0 Å². The first-order valence-electron chi connectivity index (χ1n) is 8.61. The molecule has 20 heavy (non-hydrogen) atoms. The molecule has 1 amide bonds. The first-order valence-corrected chi connectivity index (χ1v) is 8.61. The molecule has 1 N–H and O–H groups in total. The molecular weight excluding hydrogens is 248 g/mol. The summed E-state index contributed by atoms with van der Waals surface area (Å²) in [4.78, 5) is 14.5. The lowest BCUT2D eigenvalue weighted by Gasteiger charge is -2.32. The summed E-state index contributed by atoms with van der Waals surface area (Å²) < 4.78 is 0. The number of amides is 1. The molecule has 0 aromatic carbocycles. The van der Waals surface area contributed by atoms with Crippen LogP contribution in [0.5, 0.6) is 0 Å². The van der Waals surface area contributed by atoms with E-state index in [4.69, 9.17) is 0 Å². The zero-order valence-corrected chi connectivity index (χ0v) is 13.1. The Balaban J connectivity index is 1.47. The molecular formula is C17H30N2O. The Morgan fingerprint density at radius 3 is 2.75 bits per heavy atom. The minimum Gasteiger partial charge on any atom is -0.345 e. The SMILES string of the molecule is CC1CCCNC1CC(=O)N(C)CC1CC2CCC1C2. The molecule has 5 atom stereocenters. The highest BCUT2D eigenvalue weighted by Crippen LogP contribution is 2.48. The maximum atomic E-state index is 12.4. The number of nitrogens with zero attached hydrogens (tertiary/aromatic N) is 1. The van der Waals surface area contributed by atoms with Gasteiger partial charge in [0.2, 0.25) is 5.91 Å². The van der Waals surface area contributed by atoms with Crippen LogP contribution in [-0.2, 0) is 4.79 Å². The van der Waals surface area contributed by atoms with Crippen LogP contribution < -0.4 is 5.32 Å². The van der Waals surface area contributed by atoms with Crippen molar-refractivity contribution in [1.82, 2.24) is 10.2 Å². The molecule has 0 aromatic rings. The summed E-state index contributed by atoms with van der Waals surface area (Å²) in [6.45, 7) is 4.36. The fraction of sp³-hybridized carbons (Fsp3) is 0.941. The Bertz CT molecular complexity index is 357. The van der Waals surface area contributed by atoms with Crippen LogP contribution in [0.4, 0.5) is 0 Å². The molecule has 5 unspecified atom stereocenters. The van der Waals surface area contributed by atoms with Gasteiger partial charge in [0.1, 0.15) is 0 Å². The second-order valence-electron chi connectivity index (χ2n) is 7.59. The van der Waals surface area contributed by atoms with Gasteiger partial charge in [-0.25, -0.2) is 0 Å². The van der Waals surface area contributed by atoms with Crippen molar-refractivity contribution >= 4 is 5.91 Å². The molecule has 2 saturated carbocycles. The average molecular weight is 278 g/mol. The number of hydrogen-bond donors (Lipinski definition) is 1. The quantitative estimate of drug-likeness (QED) is 0.857. The fourth-order valence-corrected chi connectivity index (χ4v) is 4.78. The molecule has 0 spiro atoms. The molecule has 2 bridgehead atoms. The number of carbonyl (C=O) groups excluding carboxylic acids is 1. The molecule has 1 aliphatic heterocycles. The van der Waals surface area contributed by atoms with Crippen molar-refractivity contribution in [3.8, 4) is 0 Å². The van der Waals surface area contributed by atoms with Gasteiger partial charge < -0.3 is 10.2 Å². The Morgan fingerprint density at radius 2 is 2.10 bits per heavy atom. The molecule has 2 aliphatic carbocycles. The van der Waals surface area contributed by atoms with Crippen LogP contribution in [0.25, 0.3) is 0 Å². The predicted octanol–water partition coefficient (Wildman–Crippen LogP) is 2.66. The van der Waals surface area contributed by atoms with Gasteiger partial charge in [0, 0.05) is 26.1 Å². The topological polar surface area (TPSA) is 32.3 Å². The third-order valence-corrected chi connectivity index (χ3v) is 6.14. The first-order chi connectivity index (χ1) is 9.63. The van der Waals surface area contributed by atoms with E-state index >= 15 is 0 Å². The number of hydrogen-bond acceptors (Lipinski definition) is 2. The smallest absolute Gasteiger partial charge is 0.223 e. The molecule has 3 aliphatic rings. The summed E-state index contributed by atoms with van der Waals surface area (Å²) in [5.41, 5.74) is 0. The van der Waals surface area contributed by atoms with E-state index in [1.807, 2.05) is 11.9 Å². The summed E-state index contributed by atoms with van der Waals surface area (Å²) in [6, 6.07) is 0.402. The van der Waals surface area contributed by atoms with Gasteiger partial charge in [0.25, 0.3) is 0 Å². The zero-order valence-electron chi connectivity index (χ0n) is 13.1. The summed E-state index contributed by atoms with van der Waals surface area (Å²) in [5.74, 6) is 3.68. The number of fused-ring (bicyclic) bond motifs is 2. The predicted molar refractivity (Wildman–Crippen MR) is 81.4 cm³/mol. The minimum atomic E-state index is 0.346. The second kappa shape index (κ2) is 6.05. The van der Waals surface area contributed by atoms with Crippen molar-refractivity contribution in [3.63, 3.8) is 0 Å². The van der Waals surface area contributed by atoms with E-state index in [9.17, 15) is 4.79 Å². The van der Waals surface area contributed by atoms with Gasteiger partial charge in [0.15, 0.2) is 0 Å². The molecule has 3 fully saturated rings. The van der Waals surface area contributed by atoms with Crippen LogP contribution in [0.15, 0.2) is 0 Å². The minimum absolute atomic E-state index is 0.346. The molecule has 3 nitrogen and oxygen atoms in total. The van der Waals surface area contributed by atoms with Gasteiger partial charge in [-0.2, -0.15) is 0 Å². The van der Waals surface area contributed by atoms with Gasteiger partial charge in [-0.15, -0.1) is 0 Å². The van der Waals surface area contributed by atoms with Gasteiger partial charge >= 0.3 is 0 Å². The highest BCUT2D eigenvalue weighted by molar-refractivity contribution is 5.76.